The van der Waals surface area contributed by atoms with E-state index >= 15 is 0 Å². The van der Waals surface area contributed by atoms with E-state index in [2.05, 4.69) is 15.8 Å². The van der Waals surface area contributed by atoms with E-state index in [-0.39, 0.29) is 5.91 Å². The molecule has 0 unspecified atom stereocenters. The fourth-order valence-electron chi connectivity index (χ4n) is 1.72. The summed E-state index contributed by atoms with van der Waals surface area (Å²) in [7, 11) is 0. The Kier molecular flexibility index (Phi) is 4.18. The summed E-state index contributed by atoms with van der Waals surface area (Å²) in [6.07, 6.45) is 0. The second-order valence-electron chi connectivity index (χ2n) is 4.22. The lowest BCUT2D eigenvalue weighted by atomic mass is 10.2. The van der Waals surface area contributed by atoms with Gasteiger partial charge in [-0.15, -0.1) is 0 Å². The highest BCUT2D eigenvalue weighted by Gasteiger charge is 2.06. The summed E-state index contributed by atoms with van der Waals surface area (Å²) in [6.45, 7) is 5.07. The van der Waals surface area contributed by atoms with Gasteiger partial charge in [-0.3, -0.25) is 4.79 Å². The second-order valence-corrected chi connectivity index (χ2v) is 4.22. The summed E-state index contributed by atoms with van der Waals surface area (Å²) >= 11 is 0. The molecular weight excluding hydrogens is 242 g/mol. The van der Waals surface area contributed by atoms with Gasteiger partial charge in [0.1, 0.15) is 11.5 Å². The molecule has 1 aromatic heterocycles. The highest BCUT2D eigenvalue weighted by atomic mass is 16.5. The van der Waals surface area contributed by atoms with Gasteiger partial charge in [-0.2, -0.15) is 0 Å². The minimum Gasteiger partial charge on any atom is -0.385 e. The number of rotatable bonds is 5. The van der Waals surface area contributed by atoms with Crippen LogP contribution in [0, 0.1) is 6.92 Å². The van der Waals surface area contributed by atoms with Crippen LogP contribution in [0.25, 0.3) is 0 Å². The third-order valence-electron chi connectivity index (χ3n) is 2.63. The Morgan fingerprint density at radius 3 is 2.63 bits per heavy atom. The SMILES string of the molecule is CCNc1ccc(C(=O)NCc2cc(C)on2)cc1. The molecule has 0 fully saturated rings. The first-order valence-corrected chi connectivity index (χ1v) is 6.23. The predicted octanol–water partition coefficient (Wildman–Crippen LogP) is 2.34. The number of nitrogens with one attached hydrogen (secondary N) is 2. The van der Waals surface area contributed by atoms with Gasteiger partial charge in [0.25, 0.3) is 5.91 Å². The van der Waals surface area contributed by atoms with Gasteiger partial charge in [0.05, 0.1) is 6.54 Å². The summed E-state index contributed by atoms with van der Waals surface area (Å²) < 4.78 is 4.94. The number of amides is 1. The smallest absolute Gasteiger partial charge is 0.251 e. The average Bonchev–Trinajstić information content (AvgIpc) is 2.83. The lowest BCUT2D eigenvalue weighted by Crippen LogP contribution is -2.22. The van der Waals surface area contributed by atoms with Crippen LogP contribution in [0.4, 0.5) is 5.69 Å². The van der Waals surface area contributed by atoms with Crippen LogP contribution < -0.4 is 10.6 Å². The van der Waals surface area contributed by atoms with Crippen molar-refractivity contribution in [3.05, 3.63) is 47.3 Å². The normalized spacial score (nSPS) is 10.2. The fourth-order valence-corrected chi connectivity index (χ4v) is 1.72. The standard InChI is InChI=1S/C14H17N3O2/c1-3-15-12-6-4-11(5-7-12)14(18)16-9-13-8-10(2)19-17-13/h4-8,15H,3,9H2,1-2H3,(H,16,18). The number of nitrogens with zero attached hydrogens (tertiary/aromatic N) is 1. The Bertz CT molecular complexity index is 546. The molecule has 1 heterocycles. The molecular formula is C14H17N3O2. The molecule has 19 heavy (non-hydrogen) atoms. The maximum absolute atomic E-state index is 11.9. The van der Waals surface area contributed by atoms with E-state index in [1.165, 1.54) is 0 Å². The van der Waals surface area contributed by atoms with Gasteiger partial charge in [0, 0.05) is 23.9 Å². The Morgan fingerprint density at radius 2 is 2.05 bits per heavy atom. The minimum atomic E-state index is -0.122. The third-order valence-corrected chi connectivity index (χ3v) is 2.63. The zero-order valence-electron chi connectivity index (χ0n) is 11.1. The van der Waals surface area contributed by atoms with Crippen LogP contribution in [-0.4, -0.2) is 17.6 Å². The van der Waals surface area contributed by atoms with Crippen molar-refractivity contribution in [2.75, 3.05) is 11.9 Å². The molecule has 0 atom stereocenters. The molecule has 2 aromatic rings. The molecule has 0 radical (unpaired) electrons. The number of carbonyl (C=O) groups excluding carboxylic acids is 1. The van der Waals surface area contributed by atoms with Crippen molar-refractivity contribution in [3.63, 3.8) is 0 Å². The van der Waals surface area contributed by atoms with Crippen LogP contribution in [0.15, 0.2) is 34.9 Å². The first-order chi connectivity index (χ1) is 9.19. The first kappa shape index (κ1) is 13.1. The van der Waals surface area contributed by atoms with Crippen LogP contribution >= 0.6 is 0 Å². The number of benzene rings is 1. The van der Waals surface area contributed by atoms with E-state index in [0.29, 0.717) is 12.1 Å². The molecule has 2 N–H and O–H groups in total. The largest absolute Gasteiger partial charge is 0.385 e. The van der Waals surface area contributed by atoms with Crippen molar-refractivity contribution < 1.29 is 9.32 Å². The van der Waals surface area contributed by atoms with Crippen LogP contribution in [0.1, 0.15) is 28.7 Å². The van der Waals surface area contributed by atoms with Gasteiger partial charge in [0.15, 0.2) is 0 Å². The van der Waals surface area contributed by atoms with Crippen molar-refractivity contribution >= 4 is 11.6 Å². The maximum Gasteiger partial charge on any atom is 0.251 e. The third kappa shape index (κ3) is 3.58. The summed E-state index contributed by atoms with van der Waals surface area (Å²) in [6, 6.07) is 9.16. The van der Waals surface area contributed by atoms with Gasteiger partial charge in [0.2, 0.25) is 0 Å². The quantitative estimate of drug-likeness (QED) is 0.865. The van der Waals surface area contributed by atoms with Gasteiger partial charge >= 0.3 is 0 Å². The molecule has 1 amide bonds. The highest BCUT2D eigenvalue weighted by molar-refractivity contribution is 5.94. The van der Waals surface area contributed by atoms with E-state index in [1.807, 2.05) is 26.0 Å². The molecule has 0 aliphatic carbocycles. The average molecular weight is 259 g/mol. The fraction of sp³-hybridized carbons (Fsp3) is 0.286. The lowest BCUT2D eigenvalue weighted by Gasteiger charge is -2.05. The number of aryl methyl sites for hydroxylation is 1. The zero-order chi connectivity index (χ0) is 13.7. The number of anilines is 1. The Morgan fingerprint density at radius 1 is 1.32 bits per heavy atom. The summed E-state index contributed by atoms with van der Waals surface area (Å²) in [5.41, 5.74) is 2.35. The van der Waals surface area contributed by atoms with Crippen LogP contribution in [0.3, 0.4) is 0 Å². The van der Waals surface area contributed by atoms with Gasteiger partial charge in [-0.1, -0.05) is 5.16 Å². The molecule has 0 saturated carbocycles. The van der Waals surface area contributed by atoms with Crippen molar-refractivity contribution in [1.29, 1.82) is 0 Å². The molecule has 0 spiro atoms. The molecule has 0 aliphatic rings. The van der Waals surface area contributed by atoms with Crippen molar-refractivity contribution in [3.8, 4) is 0 Å². The van der Waals surface area contributed by atoms with E-state index in [0.717, 1.165) is 23.7 Å². The molecule has 0 saturated heterocycles. The molecule has 0 aliphatic heterocycles. The van der Waals surface area contributed by atoms with Gasteiger partial charge in [-0.25, -0.2) is 0 Å². The molecule has 2 rings (SSSR count). The number of hydrogen-bond acceptors (Lipinski definition) is 4. The van der Waals surface area contributed by atoms with Crippen molar-refractivity contribution in [2.24, 2.45) is 0 Å². The Balaban J connectivity index is 1.92. The van der Waals surface area contributed by atoms with E-state index in [1.54, 1.807) is 18.2 Å². The van der Waals surface area contributed by atoms with Gasteiger partial charge < -0.3 is 15.2 Å². The molecule has 1 aromatic carbocycles. The zero-order valence-corrected chi connectivity index (χ0v) is 11.1. The van der Waals surface area contributed by atoms with E-state index in [4.69, 9.17) is 4.52 Å². The van der Waals surface area contributed by atoms with Crippen LogP contribution in [-0.2, 0) is 6.54 Å². The number of hydrogen-bond donors (Lipinski definition) is 2. The minimum absolute atomic E-state index is 0.122. The maximum atomic E-state index is 11.9. The summed E-state index contributed by atoms with van der Waals surface area (Å²) in [5.74, 6) is 0.614. The van der Waals surface area contributed by atoms with E-state index in [9.17, 15) is 4.79 Å². The Labute approximate surface area is 112 Å². The number of aromatic nitrogens is 1. The van der Waals surface area contributed by atoms with Crippen LogP contribution in [0.5, 0.6) is 0 Å². The molecule has 5 heteroatoms. The highest BCUT2D eigenvalue weighted by Crippen LogP contribution is 2.09. The topological polar surface area (TPSA) is 67.2 Å². The molecule has 0 bridgehead atoms. The number of carbonyl (C=O) groups is 1. The van der Waals surface area contributed by atoms with Crippen LogP contribution in [0.2, 0.25) is 0 Å². The van der Waals surface area contributed by atoms with E-state index < -0.39 is 0 Å². The Hall–Kier alpha value is -2.30. The summed E-state index contributed by atoms with van der Waals surface area (Å²) in [4.78, 5) is 11.9. The monoisotopic (exact) mass is 259 g/mol. The first-order valence-electron chi connectivity index (χ1n) is 6.23. The molecule has 100 valence electrons. The lowest BCUT2D eigenvalue weighted by molar-refractivity contribution is 0.0950. The molecule has 5 nitrogen and oxygen atoms in total. The van der Waals surface area contributed by atoms with Gasteiger partial charge in [-0.05, 0) is 38.1 Å². The predicted molar refractivity (Wildman–Crippen MR) is 73.0 cm³/mol. The summed E-state index contributed by atoms with van der Waals surface area (Å²) in [5, 5.41) is 9.80. The second kappa shape index (κ2) is 6.04. The van der Waals surface area contributed by atoms with Crippen molar-refractivity contribution in [1.82, 2.24) is 10.5 Å². The van der Waals surface area contributed by atoms with Crippen molar-refractivity contribution in [2.45, 2.75) is 20.4 Å².